The van der Waals surface area contributed by atoms with Crippen LogP contribution in [0.1, 0.15) is 51.5 Å². The van der Waals surface area contributed by atoms with Crippen molar-refractivity contribution in [1.29, 1.82) is 0 Å². The fraction of sp³-hybridized carbons (Fsp3) is 0.455. The van der Waals surface area contributed by atoms with Crippen LogP contribution in [0.25, 0.3) is 0 Å². The van der Waals surface area contributed by atoms with Crippen LogP contribution in [0.4, 0.5) is 11.4 Å². The van der Waals surface area contributed by atoms with Gasteiger partial charge in [-0.15, -0.1) is 0 Å². The summed E-state index contributed by atoms with van der Waals surface area (Å²) < 4.78 is 32.5. The summed E-state index contributed by atoms with van der Waals surface area (Å²) in [6.07, 6.45) is 6.53. The summed E-state index contributed by atoms with van der Waals surface area (Å²) >= 11 is 0. The van der Waals surface area contributed by atoms with Gasteiger partial charge in [0.2, 0.25) is 10.0 Å². The van der Waals surface area contributed by atoms with E-state index in [-0.39, 0.29) is 0 Å². The van der Waals surface area contributed by atoms with Gasteiger partial charge >= 0.3 is 0 Å². The van der Waals surface area contributed by atoms with Crippen molar-refractivity contribution in [3.8, 4) is 5.75 Å². The SMILES string of the molecule is CC(C)S(=O)(=O)Nc1ccc(CNc2ccc(OC3CCCCC3)cc2)cc1. The van der Waals surface area contributed by atoms with Gasteiger partial charge in [-0.3, -0.25) is 4.72 Å². The van der Waals surface area contributed by atoms with Gasteiger partial charge in [0.15, 0.2) is 0 Å². The van der Waals surface area contributed by atoms with Gasteiger partial charge in [-0.05, 0) is 81.5 Å². The minimum atomic E-state index is -3.31. The molecule has 2 aromatic rings. The van der Waals surface area contributed by atoms with Crippen LogP contribution in [0.2, 0.25) is 0 Å². The molecule has 2 N–H and O–H groups in total. The van der Waals surface area contributed by atoms with E-state index >= 15 is 0 Å². The lowest BCUT2D eigenvalue weighted by Crippen LogP contribution is -2.22. The molecule has 0 saturated heterocycles. The van der Waals surface area contributed by atoms with Gasteiger partial charge in [0.25, 0.3) is 0 Å². The van der Waals surface area contributed by atoms with Gasteiger partial charge in [0.1, 0.15) is 5.75 Å². The highest BCUT2D eigenvalue weighted by atomic mass is 32.2. The third-order valence-electron chi connectivity index (χ3n) is 5.04. The van der Waals surface area contributed by atoms with Gasteiger partial charge in [0.05, 0.1) is 11.4 Å². The molecule has 0 aliphatic heterocycles. The second-order valence-corrected chi connectivity index (χ2v) is 9.89. The number of ether oxygens (including phenoxy) is 1. The highest BCUT2D eigenvalue weighted by Gasteiger charge is 2.15. The van der Waals surface area contributed by atoms with E-state index < -0.39 is 15.3 Å². The Morgan fingerprint density at radius 1 is 0.929 bits per heavy atom. The standard InChI is InChI=1S/C22H30N2O3S/c1-17(2)28(25,26)24-20-10-8-18(9-11-20)16-23-19-12-14-22(15-13-19)27-21-6-4-3-5-7-21/h8-15,17,21,23-24H,3-7,16H2,1-2H3. The minimum absolute atomic E-state index is 0.360. The first kappa shape index (κ1) is 20.5. The molecule has 28 heavy (non-hydrogen) atoms. The van der Waals surface area contributed by atoms with Crippen LogP contribution in [0.5, 0.6) is 5.75 Å². The van der Waals surface area contributed by atoms with Gasteiger partial charge in [-0.25, -0.2) is 8.42 Å². The molecule has 0 heterocycles. The van der Waals surface area contributed by atoms with Crippen LogP contribution >= 0.6 is 0 Å². The molecule has 0 amide bonds. The zero-order valence-electron chi connectivity index (χ0n) is 16.6. The predicted molar refractivity (Wildman–Crippen MR) is 115 cm³/mol. The molecular weight excluding hydrogens is 372 g/mol. The first-order valence-electron chi connectivity index (χ1n) is 10.0. The van der Waals surface area contributed by atoms with Crippen molar-refractivity contribution in [3.63, 3.8) is 0 Å². The molecule has 0 radical (unpaired) electrons. The summed E-state index contributed by atoms with van der Waals surface area (Å²) in [6, 6.07) is 15.5. The molecule has 1 aliphatic rings. The summed E-state index contributed by atoms with van der Waals surface area (Å²) in [5, 5.41) is 2.92. The van der Waals surface area contributed by atoms with Crippen molar-refractivity contribution < 1.29 is 13.2 Å². The summed E-state index contributed by atoms with van der Waals surface area (Å²) in [5.74, 6) is 0.930. The minimum Gasteiger partial charge on any atom is -0.490 e. The van der Waals surface area contributed by atoms with E-state index in [0.29, 0.717) is 18.3 Å². The van der Waals surface area contributed by atoms with Crippen molar-refractivity contribution in [2.24, 2.45) is 0 Å². The second kappa shape index (κ2) is 9.32. The molecule has 1 saturated carbocycles. The van der Waals surface area contributed by atoms with Crippen molar-refractivity contribution >= 4 is 21.4 Å². The maximum atomic E-state index is 11.9. The highest BCUT2D eigenvalue weighted by Crippen LogP contribution is 2.24. The first-order valence-corrected chi connectivity index (χ1v) is 11.6. The van der Waals surface area contributed by atoms with Crippen LogP contribution < -0.4 is 14.8 Å². The lowest BCUT2D eigenvalue weighted by atomic mass is 9.98. The second-order valence-electron chi connectivity index (χ2n) is 7.65. The maximum Gasteiger partial charge on any atom is 0.235 e. The average Bonchev–Trinajstić information content (AvgIpc) is 2.69. The summed E-state index contributed by atoms with van der Waals surface area (Å²) in [4.78, 5) is 0. The largest absolute Gasteiger partial charge is 0.490 e. The summed E-state index contributed by atoms with van der Waals surface area (Å²) in [5.41, 5.74) is 2.69. The monoisotopic (exact) mass is 402 g/mol. The number of hydrogen-bond donors (Lipinski definition) is 2. The van der Waals surface area contributed by atoms with E-state index in [2.05, 4.69) is 10.0 Å². The summed E-state index contributed by atoms with van der Waals surface area (Å²) in [6.45, 7) is 3.98. The van der Waals surface area contributed by atoms with Crippen LogP contribution in [0.3, 0.4) is 0 Å². The number of anilines is 2. The Morgan fingerprint density at radius 3 is 2.14 bits per heavy atom. The Bertz CT molecular complexity index is 840. The molecule has 5 nitrogen and oxygen atoms in total. The molecule has 6 heteroatoms. The van der Waals surface area contributed by atoms with Crippen molar-refractivity contribution in [2.45, 2.75) is 63.9 Å². The lowest BCUT2D eigenvalue weighted by Gasteiger charge is -2.23. The zero-order chi connectivity index (χ0) is 20.0. The lowest BCUT2D eigenvalue weighted by molar-refractivity contribution is 0.155. The van der Waals surface area contributed by atoms with E-state index in [1.54, 1.807) is 26.0 Å². The number of benzene rings is 2. The van der Waals surface area contributed by atoms with Crippen LogP contribution in [-0.2, 0) is 16.6 Å². The fourth-order valence-corrected chi connectivity index (χ4v) is 3.90. The topological polar surface area (TPSA) is 67.4 Å². The molecule has 152 valence electrons. The molecule has 0 atom stereocenters. The summed E-state index contributed by atoms with van der Waals surface area (Å²) in [7, 11) is -3.31. The van der Waals surface area contributed by atoms with Crippen molar-refractivity contribution in [2.75, 3.05) is 10.0 Å². The quantitative estimate of drug-likeness (QED) is 0.640. The average molecular weight is 403 g/mol. The van der Waals surface area contributed by atoms with Crippen molar-refractivity contribution in [1.82, 2.24) is 0 Å². The molecule has 0 unspecified atom stereocenters. The molecule has 3 rings (SSSR count). The number of hydrogen-bond acceptors (Lipinski definition) is 4. The Hall–Kier alpha value is -2.21. The van der Waals surface area contributed by atoms with Gasteiger partial charge < -0.3 is 10.1 Å². The number of sulfonamides is 1. The first-order chi connectivity index (χ1) is 13.4. The van der Waals surface area contributed by atoms with E-state index in [0.717, 1.165) is 29.8 Å². The van der Waals surface area contributed by atoms with E-state index in [9.17, 15) is 8.42 Å². The maximum absolute atomic E-state index is 11.9. The number of rotatable bonds is 8. The molecule has 0 bridgehead atoms. The Morgan fingerprint density at radius 2 is 1.54 bits per heavy atom. The molecule has 1 aliphatic carbocycles. The Balaban J connectivity index is 1.49. The highest BCUT2D eigenvalue weighted by molar-refractivity contribution is 7.93. The zero-order valence-corrected chi connectivity index (χ0v) is 17.5. The van der Waals surface area contributed by atoms with Crippen LogP contribution in [0.15, 0.2) is 48.5 Å². The molecule has 2 aromatic carbocycles. The smallest absolute Gasteiger partial charge is 0.235 e. The molecular formula is C22H30N2O3S. The Kier molecular flexibility index (Phi) is 6.83. The normalized spacial score (nSPS) is 15.4. The van der Waals surface area contributed by atoms with Gasteiger partial charge in [-0.1, -0.05) is 18.6 Å². The van der Waals surface area contributed by atoms with E-state index in [4.69, 9.17) is 4.74 Å². The van der Waals surface area contributed by atoms with Crippen LogP contribution in [0, 0.1) is 0 Å². The molecule has 0 spiro atoms. The van der Waals surface area contributed by atoms with Crippen LogP contribution in [-0.4, -0.2) is 19.8 Å². The predicted octanol–water partition coefficient (Wildman–Crippen LogP) is 5.16. The van der Waals surface area contributed by atoms with Gasteiger partial charge in [0, 0.05) is 17.9 Å². The van der Waals surface area contributed by atoms with E-state index in [1.165, 1.54) is 19.3 Å². The number of nitrogens with one attached hydrogen (secondary N) is 2. The fourth-order valence-electron chi connectivity index (χ4n) is 3.20. The third-order valence-corrected chi connectivity index (χ3v) is 6.80. The molecule has 1 fully saturated rings. The third kappa shape index (κ3) is 5.89. The molecule has 0 aromatic heterocycles. The van der Waals surface area contributed by atoms with Gasteiger partial charge in [-0.2, -0.15) is 0 Å². The Labute approximate surface area is 168 Å². The van der Waals surface area contributed by atoms with E-state index in [1.807, 2.05) is 36.4 Å². The van der Waals surface area contributed by atoms with Crippen molar-refractivity contribution in [3.05, 3.63) is 54.1 Å².